The van der Waals surface area contributed by atoms with Gasteiger partial charge in [-0.2, -0.15) is 0 Å². The fraction of sp³-hybridized carbons (Fsp3) is 0.929. The Bertz CT molecular complexity index is 246. The van der Waals surface area contributed by atoms with Crippen LogP contribution in [0, 0.1) is 5.92 Å². The summed E-state index contributed by atoms with van der Waals surface area (Å²) in [5.41, 5.74) is 0. The minimum absolute atomic E-state index is 0.195. The number of carbonyl (C=O) groups is 1. The summed E-state index contributed by atoms with van der Waals surface area (Å²) in [6, 6.07) is 0.559. The van der Waals surface area contributed by atoms with Crippen LogP contribution in [-0.2, 0) is 4.74 Å². The highest BCUT2D eigenvalue weighted by Crippen LogP contribution is 2.15. The van der Waals surface area contributed by atoms with Gasteiger partial charge >= 0.3 is 6.03 Å². The summed E-state index contributed by atoms with van der Waals surface area (Å²) in [7, 11) is 0. The molecule has 18 heavy (non-hydrogen) atoms. The van der Waals surface area contributed by atoms with Crippen molar-refractivity contribution in [2.75, 3.05) is 32.8 Å². The summed E-state index contributed by atoms with van der Waals surface area (Å²) in [6.07, 6.45) is 2.05. The van der Waals surface area contributed by atoms with Crippen molar-refractivity contribution in [3.63, 3.8) is 0 Å². The first-order valence-corrected chi connectivity index (χ1v) is 7.23. The lowest BCUT2D eigenvalue weighted by Gasteiger charge is -2.38. The standard InChI is InChI=1S/C14H28N2O2/c1-5-13(6-2)16(11-12(3)4)14(17)15-7-9-18-10-8-15/h12-13H,5-11H2,1-4H3. The topological polar surface area (TPSA) is 32.8 Å². The Labute approximate surface area is 111 Å². The van der Waals surface area contributed by atoms with Crippen molar-refractivity contribution in [3.05, 3.63) is 0 Å². The van der Waals surface area contributed by atoms with Gasteiger partial charge in [0.05, 0.1) is 13.2 Å². The van der Waals surface area contributed by atoms with E-state index in [0.717, 1.165) is 32.5 Å². The Morgan fingerprint density at radius 2 is 1.78 bits per heavy atom. The molecule has 1 rings (SSSR count). The lowest BCUT2D eigenvalue weighted by molar-refractivity contribution is 0.0371. The van der Waals surface area contributed by atoms with Gasteiger partial charge in [-0.3, -0.25) is 0 Å². The maximum atomic E-state index is 12.6. The Hall–Kier alpha value is -0.770. The van der Waals surface area contributed by atoms with E-state index >= 15 is 0 Å². The Morgan fingerprint density at radius 3 is 2.22 bits per heavy atom. The van der Waals surface area contributed by atoms with E-state index in [2.05, 4.69) is 32.6 Å². The Balaban J connectivity index is 2.70. The molecule has 106 valence electrons. The summed E-state index contributed by atoms with van der Waals surface area (Å²) in [5.74, 6) is 0.510. The van der Waals surface area contributed by atoms with E-state index in [4.69, 9.17) is 4.74 Å². The van der Waals surface area contributed by atoms with Crippen molar-refractivity contribution >= 4 is 6.03 Å². The highest BCUT2D eigenvalue weighted by Gasteiger charge is 2.27. The minimum atomic E-state index is 0.195. The summed E-state index contributed by atoms with van der Waals surface area (Å²) < 4.78 is 5.31. The molecule has 0 unspecified atom stereocenters. The number of nitrogens with zero attached hydrogens (tertiary/aromatic N) is 2. The molecule has 4 heteroatoms. The van der Waals surface area contributed by atoms with Gasteiger partial charge in [0, 0.05) is 25.7 Å². The van der Waals surface area contributed by atoms with E-state index in [1.54, 1.807) is 0 Å². The molecule has 1 aliphatic heterocycles. The average molecular weight is 256 g/mol. The zero-order chi connectivity index (χ0) is 13.5. The zero-order valence-electron chi connectivity index (χ0n) is 12.3. The molecular formula is C14H28N2O2. The van der Waals surface area contributed by atoms with Gasteiger partial charge in [-0.05, 0) is 18.8 Å². The van der Waals surface area contributed by atoms with Crippen LogP contribution in [0.15, 0.2) is 0 Å². The van der Waals surface area contributed by atoms with Gasteiger partial charge < -0.3 is 14.5 Å². The maximum absolute atomic E-state index is 12.6. The van der Waals surface area contributed by atoms with Gasteiger partial charge in [0.15, 0.2) is 0 Å². The number of amides is 2. The van der Waals surface area contributed by atoms with Crippen LogP contribution < -0.4 is 0 Å². The van der Waals surface area contributed by atoms with Gasteiger partial charge in [0.25, 0.3) is 0 Å². The predicted molar refractivity (Wildman–Crippen MR) is 73.7 cm³/mol. The smallest absolute Gasteiger partial charge is 0.320 e. The predicted octanol–water partition coefficient (Wildman–Crippen LogP) is 2.59. The number of carbonyl (C=O) groups excluding carboxylic acids is 1. The molecule has 0 aromatic carbocycles. The third-order valence-electron chi connectivity index (χ3n) is 3.47. The van der Waals surface area contributed by atoms with E-state index in [-0.39, 0.29) is 6.03 Å². The molecule has 1 saturated heterocycles. The summed E-state index contributed by atoms with van der Waals surface area (Å²) in [6.45, 7) is 12.3. The van der Waals surface area contributed by atoms with E-state index in [1.807, 2.05) is 4.90 Å². The highest BCUT2D eigenvalue weighted by molar-refractivity contribution is 5.75. The first-order valence-electron chi connectivity index (χ1n) is 7.23. The molecule has 1 heterocycles. The van der Waals surface area contributed by atoms with Gasteiger partial charge in [-0.25, -0.2) is 4.79 Å². The van der Waals surface area contributed by atoms with Gasteiger partial charge in [-0.15, -0.1) is 0 Å². The molecule has 0 saturated carbocycles. The lowest BCUT2D eigenvalue weighted by Crippen LogP contribution is -2.52. The molecule has 0 spiro atoms. The van der Waals surface area contributed by atoms with Crippen LogP contribution in [0.2, 0.25) is 0 Å². The van der Waals surface area contributed by atoms with Crippen LogP contribution in [0.3, 0.4) is 0 Å². The number of rotatable bonds is 5. The quantitative estimate of drug-likeness (QED) is 0.757. The SMILES string of the molecule is CCC(CC)N(CC(C)C)C(=O)N1CCOCC1. The molecule has 1 aliphatic rings. The van der Waals surface area contributed by atoms with Crippen molar-refractivity contribution in [1.82, 2.24) is 9.80 Å². The summed E-state index contributed by atoms with van der Waals surface area (Å²) >= 11 is 0. The number of morpholine rings is 1. The minimum Gasteiger partial charge on any atom is -0.378 e. The second-order valence-electron chi connectivity index (χ2n) is 5.40. The molecule has 0 radical (unpaired) electrons. The van der Waals surface area contributed by atoms with Crippen LogP contribution in [-0.4, -0.2) is 54.7 Å². The molecule has 0 N–H and O–H groups in total. The first kappa shape index (κ1) is 15.3. The lowest BCUT2D eigenvalue weighted by atomic mass is 10.1. The van der Waals surface area contributed by atoms with Gasteiger partial charge in [0.1, 0.15) is 0 Å². The van der Waals surface area contributed by atoms with Crippen molar-refractivity contribution in [1.29, 1.82) is 0 Å². The fourth-order valence-corrected chi connectivity index (χ4v) is 2.44. The Kier molecular flexibility index (Phi) is 6.47. The van der Waals surface area contributed by atoms with Crippen LogP contribution in [0.1, 0.15) is 40.5 Å². The van der Waals surface area contributed by atoms with Gasteiger partial charge in [0.2, 0.25) is 0 Å². The number of urea groups is 1. The molecule has 0 aromatic rings. The van der Waals surface area contributed by atoms with Crippen molar-refractivity contribution < 1.29 is 9.53 Å². The summed E-state index contributed by atoms with van der Waals surface area (Å²) in [4.78, 5) is 16.6. The molecular weight excluding hydrogens is 228 g/mol. The fourth-order valence-electron chi connectivity index (χ4n) is 2.44. The second-order valence-corrected chi connectivity index (χ2v) is 5.40. The monoisotopic (exact) mass is 256 g/mol. The van der Waals surface area contributed by atoms with Crippen molar-refractivity contribution in [2.45, 2.75) is 46.6 Å². The molecule has 4 nitrogen and oxygen atoms in total. The number of hydrogen-bond donors (Lipinski definition) is 0. The van der Waals surface area contributed by atoms with E-state index in [1.165, 1.54) is 0 Å². The molecule has 0 atom stereocenters. The van der Waals surface area contributed by atoms with Crippen molar-refractivity contribution in [2.24, 2.45) is 5.92 Å². The average Bonchev–Trinajstić information content (AvgIpc) is 2.38. The van der Waals surface area contributed by atoms with E-state index in [9.17, 15) is 4.79 Å². The molecule has 0 aliphatic carbocycles. The molecule has 1 fully saturated rings. The first-order chi connectivity index (χ1) is 8.60. The van der Waals surface area contributed by atoms with Crippen LogP contribution in [0.5, 0.6) is 0 Å². The third kappa shape index (κ3) is 4.16. The number of hydrogen-bond acceptors (Lipinski definition) is 2. The van der Waals surface area contributed by atoms with Crippen LogP contribution >= 0.6 is 0 Å². The van der Waals surface area contributed by atoms with Gasteiger partial charge in [-0.1, -0.05) is 27.7 Å². The van der Waals surface area contributed by atoms with E-state index < -0.39 is 0 Å². The second kappa shape index (κ2) is 7.62. The zero-order valence-corrected chi connectivity index (χ0v) is 12.3. The number of ether oxygens (including phenoxy) is 1. The maximum Gasteiger partial charge on any atom is 0.320 e. The molecule has 2 amide bonds. The van der Waals surface area contributed by atoms with Crippen LogP contribution in [0.4, 0.5) is 4.79 Å². The van der Waals surface area contributed by atoms with E-state index in [0.29, 0.717) is 25.2 Å². The molecule has 0 aromatic heterocycles. The highest BCUT2D eigenvalue weighted by atomic mass is 16.5. The summed E-state index contributed by atoms with van der Waals surface area (Å²) in [5, 5.41) is 0. The van der Waals surface area contributed by atoms with Crippen molar-refractivity contribution in [3.8, 4) is 0 Å². The normalized spacial score (nSPS) is 16.4. The third-order valence-corrected chi connectivity index (χ3v) is 3.47. The molecule has 0 bridgehead atoms. The van der Waals surface area contributed by atoms with Crippen LogP contribution in [0.25, 0.3) is 0 Å². The Morgan fingerprint density at radius 1 is 1.22 bits per heavy atom. The largest absolute Gasteiger partial charge is 0.378 e.